The van der Waals surface area contributed by atoms with Gasteiger partial charge < -0.3 is 49.6 Å². The third-order valence-electron chi connectivity index (χ3n) is 5.82. The topological polar surface area (TPSA) is 175 Å². The van der Waals surface area contributed by atoms with Crippen molar-refractivity contribution in [3.8, 4) is 0 Å². The van der Waals surface area contributed by atoms with E-state index >= 15 is 0 Å². The summed E-state index contributed by atoms with van der Waals surface area (Å²) >= 11 is 0. The molecule has 3 rings (SSSR count). The Morgan fingerprint density at radius 1 is 1.04 bits per heavy atom. The Kier molecular flexibility index (Phi) is 6.27. The maximum Gasteiger partial charge on any atom is 0.337 e. The zero-order chi connectivity index (χ0) is 20.7. The number of aliphatic hydroxyl groups excluding tert-OH is 6. The van der Waals surface area contributed by atoms with Gasteiger partial charge in [-0.2, -0.15) is 0 Å². The van der Waals surface area contributed by atoms with Crippen LogP contribution in [0.15, 0.2) is 11.8 Å². The lowest BCUT2D eigenvalue weighted by Gasteiger charge is -2.43. The molecule has 0 aromatic carbocycles. The molecule has 0 bridgehead atoms. The summed E-state index contributed by atoms with van der Waals surface area (Å²) in [7, 11) is 1.18. The van der Waals surface area contributed by atoms with Gasteiger partial charge in [0.05, 0.1) is 37.8 Å². The van der Waals surface area contributed by atoms with E-state index in [1.54, 1.807) is 6.92 Å². The van der Waals surface area contributed by atoms with Gasteiger partial charge >= 0.3 is 5.97 Å². The minimum atomic E-state index is -1.64. The lowest BCUT2D eigenvalue weighted by atomic mass is 9.82. The summed E-state index contributed by atoms with van der Waals surface area (Å²) in [5.74, 6) is -2.82. The summed E-state index contributed by atoms with van der Waals surface area (Å²) in [6.07, 6.45) is -9.96. The first kappa shape index (κ1) is 21.4. The van der Waals surface area contributed by atoms with Crippen LogP contribution in [0.3, 0.4) is 0 Å². The molecule has 2 aliphatic heterocycles. The number of methoxy groups -OCH3 is 1. The van der Waals surface area contributed by atoms with E-state index in [-0.39, 0.29) is 5.57 Å². The van der Waals surface area contributed by atoms with Gasteiger partial charge in [0.25, 0.3) is 0 Å². The van der Waals surface area contributed by atoms with Crippen molar-refractivity contribution in [2.75, 3.05) is 13.7 Å². The molecule has 0 amide bonds. The van der Waals surface area contributed by atoms with Crippen LogP contribution < -0.4 is 0 Å². The highest BCUT2D eigenvalue weighted by Gasteiger charge is 2.57. The summed E-state index contributed by atoms with van der Waals surface area (Å²) in [5, 5.41) is 59.9. The van der Waals surface area contributed by atoms with Gasteiger partial charge in [0, 0.05) is 11.8 Å². The third kappa shape index (κ3) is 3.42. The minimum Gasteiger partial charge on any atom is -0.472 e. The summed E-state index contributed by atoms with van der Waals surface area (Å²) in [6.45, 7) is 1.02. The fourth-order valence-corrected chi connectivity index (χ4v) is 4.16. The number of esters is 1. The fourth-order valence-electron chi connectivity index (χ4n) is 4.16. The van der Waals surface area contributed by atoms with Crippen LogP contribution >= 0.6 is 0 Å². The van der Waals surface area contributed by atoms with Crippen LogP contribution in [0, 0.1) is 17.8 Å². The zero-order valence-corrected chi connectivity index (χ0v) is 15.4. The molecule has 28 heavy (non-hydrogen) atoms. The van der Waals surface area contributed by atoms with E-state index in [1.807, 2.05) is 0 Å². The van der Waals surface area contributed by atoms with Crippen molar-refractivity contribution < 1.29 is 54.4 Å². The van der Waals surface area contributed by atoms with Crippen LogP contribution in [0.5, 0.6) is 0 Å². The molecule has 11 atom stereocenters. The molecular formula is C17H26O11. The summed E-state index contributed by atoms with van der Waals surface area (Å²) in [6, 6.07) is 0. The van der Waals surface area contributed by atoms with Gasteiger partial charge in [-0.05, 0) is 5.92 Å². The molecule has 6 N–H and O–H groups in total. The maximum atomic E-state index is 12.0. The molecule has 0 radical (unpaired) electrons. The third-order valence-corrected chi connectivity index (χ3v) is 5.82. The number of carbonyl (C=O) groups is 1. The molecular weight excluding hydrogens is 380 g/mol. The molecule has 0 spiro atoms. The second kappa shape index (κ2) is 8.20. The van der Waals surface area contributed by atoms with Crippen molar-refractivity contribution in [2.24, 2.45) is 17.8 Å². The van der Waals surface area contributed by atoms with Crippen molar-refractivity contribution in [3.63, 3.8) is 0 Å². The number of hydrogen-bond acceptors (Lipinski definition) is 11. The highest BCUT2D eigenvalue weighted by atomic mass is 16.8. The van der Waals surface area contributed by atoms with E-state index < -0.39 is 79.5 Å². The van der Waals surface area contributed by atoms with Crippen LogP contribution in [0.25, 0.3) is 0 Å². The SMILES string of the molecule is COC(=O)C1=CO[C@@H](O[C@@H]2O[C@H](CO)[C@@H](O)[C@H](O)[C@H]2O)C2[C@@H]1C(O)[C@H](O)[C@@H]2C. The van der Waals surface area contributed by atoms with Gasteiger partial charge in [-0.1, -0.05) is 6.92 Å². The van der Waals surface area contributed by atoms with Crippen molar-refractivity contribution in [2.45, 2.75) is 56.1 Å². The first-order chi connectivity index (χ1) is 13.2. The van der Waals surface area contributed by atoms with Gasteiger partial charge in [-0.3, -0.25) is 0 Å². The summed E-state index contributed by atoms with van der Waals surface area (Å²) in [4.78, 5) is 12.0. The molecule has 0 aromatic heterocycles. The molecule has 2 unspecified atom stereocenters. The average Bonchev–Trinajstić information content (AvgIpc) is 2.92. The van der Waals surface area contributed by atoms with E-state index in [2.05, 4.69) is 0 Å². The van der Waals surface area contributed by atoms with Crippen molar-refractivity contribution >= 4 is 5.97 Å². The Bertz CT molecular complexity index is 608. The Morgan fingerprint density at radius 3 is 2.32 bits per heavy atom. The quantitative estimate of drug-likeness (QED) is 0.260. The summed E-state index contributed by atoms with van der Waals surface area (Å²) in [5.41, 5.74) is 0.0389. The molecule has 1 aliphatic carbocycles. The van der Waals surface area contributed by atoms with E-state index in [4.69, 9.17) is 18.9 Å². The maximum absolute atomic E-state index is 12.0. The lowest BCUT2D eigenvalue weighted by Crippen LogP contribution is -2.60. The molecule has 2 heterocycles. The molecule has 2 fully saturated rings. The first-order valence-electron chi connectivity index (χ1n) is 8.98. The minimum absolute atomic E-state index is 0.0389. The first-order valence-corrected chi connectivity index (χ1v) is 8.98. The van der Waals surface area contributed by atoms with Crippen molar-refractivity contribution in [1.29, 1.82) is 0 Å². The van der Waals surface area contributed by atoms with E-state index in [0.29, 0.717) is 0 Å². The summed E-state index contributed by atoms with van der Waals surface area (Å²) < 4.78 is 21.1. The highest BCUT2D eigenvalue weighted by molar-refractivity contribution is 5.89. The Morgan fingerprint density at radius 2 is 1.71 bits per heavy atom. The zero-order valence-electron chi connectivity index (χ0n) is 15.4. The molecule has 11 nitrogen and oxygen atoms in total. The number of hydrogen-bond donors (Lipinski definition) is 6. The molecule has 3 aliphatic rings. The van der Waals surface area contributed by atoms with Crippen LogP contribution in [-0.4, -0.2) is 99.5 Å². The highest BCUT2D eigenvalue weighted by Crippen LogP contribution is 2.47. The van der Waals surface area contributed by atoms with Crippen molar-refractivity contribution in [1.82, 2.24) is 0 Å². The number of carbonyl (C=O) groups excluding carboxylic acids is 1. The molecule has 1 saturated carbocycles. The number of rotatable bonds is 4. The molecule has 0 aromatic rings. The molecule has 160 valence electrons. The van der Waals surface area contributed by atoms with Gasteiger partial charge in [0.2, 0.25) is 6.29 Å². The smallest absolute Gasteiger partial charge is 0.337 e. The Labute approximate surface area is 160 Å². The van der Waals surface area contributed by atoms with Crippen LogP contribution in [0.4, 0.5) is 0 Å². The second-order valence-electron chi connectivity index (χ2n) is 7.35. The largest absolute Gasteiger partial charge is 0.472 e. The number of ether oxygens (including phenoxy) is 4. The normalized spacial score (nSPS) is 48.4. The van der Waals surface area contributed by atoms with Gasteiger partial charge in [-0.15, -0.1) is 0 Å². The Balaban J connectivity index is 1.84. The second-order valence-corrected chi connectivity index (χ2v) is 7.35. The molecule has 1 saturated heterocycles. The van der Waals surface area contributed by atoms with E-state index in [0.717, 1.165) is 6.26 Å². The van der Waals surface area contributed by atoms with Crippen molar-refractivity contribution in [3.05, 3.63) is 11.8 Å². The predicted octanol–water partition coefficient (Wildman–Crippen LogP) is -3.18. The Hall–Kier alpha value is -1.31. The van der Waals surface area contributed by atoms with Crippen LogP contribution in [-0.2, 0) is 23.7 Å². The van der Waals surface area contributed by atoms with E-state index in [1.165, 1.54) is 7.11 Å². The van der Waals surface area contributed by atoms with E-state index in [9.17, 15) is 35.4 Å². The van der Waals surface area contributed by atoms with Gasteiger partial charge in [0.15, 0.2) is 6.29 Å². The number of aliphatic hydroxyl groups is 6. The van der Waals surface area contributed by atoms with Gasteiger partial charge in [-0.25, -0.2) is 4.79 Å². The average molecular weight is 406 g/mol. The molecule has 11 heteroatoms. The standard InChI is InChI=1S/C17H26O11/c1-5-8-9(12(21)10(5)19)6(15(24)25-2)4-26-16(8)28-17-14(23)13(22)11(20)7(3-18)27-17/h4-5,7-14,16-23H,3H2,1-2H3/t5-,7-,8?,9-,10-,11-,12?,13+,14-,16+,17+/m1/s1. The van der Waals surface area contributed by atoms with Crippen LogP contribution in [0.1, 0.15) is 6.92 Å². The predicted molar refractivity (Wildman–Crippen MR) is 88.0 cm³/mol. The van der Waals surface area contributed by atoms with Crippen LogP contribution in [0.2, 0.25) is 0 Å². The lowest BCUT2D eigenvalue weighted by molar-refractivity contribution is -0.343. The monoisotopic (exact) mass is 406 g/mol. The van der Waals surface area contributed by atoms with Gasteiger partial charge in [0.1, 0.15) is 24.4 Å². The fraction of sp³-hybridized carbons (Fsp3) is 0.824. The number of fused-ring (bicyclic) bond motifs is 1.